The Morgan fingerprint density at radius 1 is 1.50 bits per heavy atom. The number of amides is 1. The zero-order chi connectivity index (χ0) is 18.7. The van der Waals surface area contributed by atoms with Gasteiger partial charge in [-0.25, -0.2) is 9.98 Å². The van der Waals surface area contributed by atoms with Crippen molar-refractivity contribution in [2.75, 3.05) is 24.3 Å². The zero-order valence-corrected chi connectivity index (χ0v) is 15.3. The van der Waals surface area contributed by atoms with E-state index in [0.717, 1.165) is 6.42 Å². The number of aliphatic imine (C=N–C) groups is 1. The van der Waals surface area contributed by atoms with E-state index in [1.165, 1.54) is 6.20 Å². The summed E-state index contributed by atoms with van der Waals surface area (Å²) in [5.74, 6) is 2.15. The van der Waals surface area contributed by atoms with Crippen molar-refractivity contribution in [2.24, 2.45) is 4.99 Å². The van der Waals surface area contributed by atoms with E-state index >= 15 is 0 Å². The van der Waals surface area contributed by atoms with Crippen molar-refractivity contribution in [2.45, 2.75) is 33.2 Å². The van der Waals surface area contributed by atoms with E-state index in [0.29, 0.717) is 41.2 Å². The highest BCUT2D eigenvalue weighted by Gasteiger charge is 2.19. The van der Waals surface area contributed by atoms with Gasteiger partial charge in [0.25, 0.3) is 5.91 Å². The van der Waals surface area contributed by atoms with E-state index < -0.39 is 0 Å². The number of ether oxygens (including phenoxy) is 1. The molecule has 0 fully saturated rings. The third-order valence-electron chi connectivity index (χ3n) is 3.82. The lowest BCUT2D eigenvalue weighted by Crippen LogP contribution is -2.36. The molecule has 2 bridgehead atoms. The molecule has 9 nitrogen and oxygen atoms in total. The van der Waals surface area contributed by atoms with Gasteiger partial charge < -0.3 is 20.7 Å². The van der Waals surface area contributed by atoms with E-state index in [1.54, 1.807) is 24.6 Å². The topological polar surface area (TPSA) is 105 Å². The number of hydrogen-bond acceptors (Lipinski definition) is 7. The van der Waals surface area contributed by atoms with Gasteiger partial charge in [0, 0.05) is 20.0 Å². The van der Waals surface area contributed by atoms with Gasteiger partial charge in [0.05, 0.1) is 12.2 Å². The molecule has 2 aromatic rings. The Morgan fingerprint density at radius 3 is 3.04 bits per heavy atom. The van der Waals surface area contributed by atoms with Crippen molar-refractivity contribution in [3.63, 3.8) is 0 Å². The lowest BCUT2D eigenvalue weighted by atomic mass is 10.2. The quantitative estimate of drug-likeness (QED) is 0.759. The van der Waals surface area contributed by atoms with Crippen LogP contribution in [0.15, 0.2) is 29.2 Å². The van der Waals surface area contributed by atoms with Crippen LogP contribution < -0.4 is 16.0 Å². The predicted octanol–water partition coefficient (Wildman–Crippen LogP) is 2.00. The first-order valence-corrected chi connectivity index (χ1v) is 8.54. The van der Waals surface area contributed by atoms with Gasteiger partial charge in [-0.05, 0) is 19.4 Å². The van der Waals surface area contributed by atoms with E-state index in [4.69, 9.17) is 4.74 Å². The van der Waals surface area contributed by atoms with Gasteiger partial charge >= 0.3 is 0 Å². The summed E-state index contributed by atoms with van der Waals surface area (Å²) in [6, 6.07) is 1.61. The smallest absolute Gasteiger partial charge is 0.257 e. The minimum atomic E-state index is -0.249. The van der Waals surface area contributed by atoms with Crippen LogP contribution >= 0.6 is 0 Å². The summed E-state index contributed by atoms with van der Waals surface area (Å²) in [5, 5.41) is 13.4. The second kappa shape index (κ2) is 7.42. The zero-order valence-electron chi connectivity index (χ0n) is 15.3. The van der Waals surface area contributed by atoms with Crippen molar-refractivity contribution in [1.82, 2.24) is 19.9 Å². The number of carbonyl (C=O) groups excluding carboxylic acids is 1. The highest BCUT2D eigenvalue weighted by Crippen LogP contribution is 2.20. The van der Waals surface area contributed by atoms with Crippen molar-refractivity contribution in [1.29, 1.82) is 0 Å². The fourth-order valence-corrected chi connectivity index (χ4v) is 2.61. The van der Waals surface area contributed by atoms with E-state index in [-0.39, 0.29) is 11.9 Å². The molecule has 0 aliphatic carbocycles. The molecule has 1 aliphatic rings. The highest BCUT2D eigenvalue weighted by atomic mass is 16.5. The first-order chi connectivity index (χ1) is 12.5. The molecule has 1 amide bonds. The van der Waals surface area contributed by atoms with Crippen LogP contribution in [0.1, 0.15) is 37.6 Å². The summed E-state index contributed by atoms with van der Waals surface area (Å²) in [6.45, 7) is 5.99. The molecular formula is C17H23N7O2. The molecule has 1 aliphatic heterocycles. The Morgan fingerprint density at radius 2 is 2.31 bits per heavy atom. The highest BCUT2D eigenvalue weighted by molar-refractivity contribution is 6.00. The lowest BCUT2D eigenvalue weighted by molar-refractivity contribution is 0.0926. The molecular weight excluding hydrogens is 334 g/mol. The van der Waals surface area contributed by atoms with Crippen molar-refractivity contribution in [3.05, 3.63) is 29.7 Å². The van der Waals surface area contributed by atoms with E-state index in [2.05, 4.69) is 31.0 Å². The Hall–Kier alpha value is -3.10. The molecule has 26 heavy (non-hydrogen) atoms. The predicted molar refractivity (Wildman–Crippen MR) is 101 cm³/mol. The third kappa shape index (κ3) is 3.61. The first-order valence-electron chi connectivity index (χ1n) is 8.54. The summed E-state index contributed by atoms with van der Waals surface area (Å²) >= 11 is 0. The molecule has 0 spiro atoms. The summed E-state index contributed by atoms with van der Waals surface area (Å²) in [4.78, 5) is 21.6. The lowest BCUT2D eigenvalue weighted by Gasteiger charge is -2.14. The van der Waals surface area contributed by atoms with Gasteiger partial charge in [-0.2, -0.15) is 9.61 Å². The Labute approximate surface area is 151 Å². The monoisotopic (exact) mass is 357 g/mol. The molecule has 9 heteroatoms. The Bertz CT molecular complexity index is 885. The number of nitrogens with one attached hydrogen (secondary N) is 3. The van der Waals surface area contributed by atoms with Crippen LogP contribution in [0.5, 0.6) is 0 Å². The number of anilines is 2. The second-order valence-electron chi connectivity index (χ2n) is 6.01. The Balaban J connectivity index is 2.16. The summed E-state index contributed by atoms with van der Waals surface area (Å²) in [5.41, 5.74) is 0.857. The number of hydrogen-bond donors (Lipinski definition) is 3. The van der Waals surface area contributed by atoms with Gasteiger partial charge in [0.2, 0.25) is 0 Å². The molecule has 0 radical (unpaired) electrons. The summed E-state index contributed by atoms with van der Waals surface area (Å²) < 4.78 is 7.25. The maximum absolute atomic E-state index is 12.6. The average Bonchev–Trinajstić information content (AvgIpc) is 3.03. The number of allylic oxidation sites excluding steroid dienone is 1. The third-order valence-corrected chi connectivity index (χ3v) is 3.82. The molecule has 3 rings (SSSR count). The molecule has 3 heterocycles. The molecule has 0 aromatic carbocycles. The number of rotatable bonds is 2. The maximum Gasteiger partial charge on any atom is 0.257 e. The maximum atomic E-state index is 12.6. The molecule has 0 saturated carbocycles. The second-order valence-corrected chi connectivity index (χ2v) is 6.01. The van der Waals surface area contributed by atoms with Crippen LogP contribution in [0.3, 0.4) is 0 Å². The molecule has 138 valence electrons. The largest absolute Gasteiger partial charge is 0.479 e. The molecule has 2 aromatic heterocycles. The van der Waals surface area contributed by atoms with Gasteiger partial charge in [-0.1, -0.05) is 6.92 Å². The number of carbonyl (C=O) groups is 1. The van der Waals surface area contributed by atoms with E-state index in [1.807, 2.05) is 19.9 Å². The SMILES string of the molecule is CC/C=C1\N=C(/C)OCC(C)NC(=O)c2cnn3c(NC)cc(nc23)N1. The minimum Gasteiger partial charge on any atom is -0.479 e. The van der Waals surface area contributed by atoms with Crippen molar-refractivity contribution in [3.8, 4) is 0 Å². The van der Waals surface area contributed by atoms with Crippen LogP contribution in [-0.4, -0.2) is 46.1 Å². The number of nitrogens with zero attached hydrogens (tertiary/aromatic N) is 4. The normalized spacial score (nSPS) is 21.7. The molecule has 1 unspecified atom stereocenters. The number of fused-ring (bicyclic) bond motifs is 1. The average molecular weight is 357 g/mol. The van der Waals surface area contributed by atoms with Crippen LogP contribution in [0.2, 0.25) is 0 Å². The molecule has 0 saturated heterocycles. The standard InChI is InChI=1S/C17H23N7O2/c1-5-6-13-21-11(3)26-9-10(2)20-17(25)12-8-19-24-15(18-4)7-14(22-13)23-16(12)24/h6-8,10,18H,5,9H2,1-4H3,(H,20,25)(H,22,23)/b13-6+,21-11+. The van der Waals surface area contributed by atoms with Gasteiger partial charge in [0.15, 0.2) is 11.5 Å². The fraction of sp³-hybridized carbons (Fsp3) is 0.412. The van der Waals surface area contributed by atoms with Crippen molar-refractivity contribution >= 4 is 29.1 Å². The summed E-state index contributed by atoms with van der Waals surface area (Å²) in [7, 11) is 1.79. The summed E-state index contributed by atoms with van der Waals surface area (Å²) in [6.07, 6.45) is 4.26. The van der Waals surface area contributed by atoms with E-state index in [9.17, 15) is 4.79 Å². The van der Waals surface area contributed by atoms with Crippen molar-refractivity contribution < 1.29 is 9.53 Å². The first kappa shape index (κ1) is 17.7. The number of aromatic nitrogens is 3. The molecule has 1 atom stereocenters. The van der Waals surface area contributed by atoms with Crippen LogP contribution in [0.25, 0.3) is 5.65 Å². The van der Waals surface area contributed by atoms with Crippen LogP contribution in [0.4, 0.5) is 11.6 Å². The van der Waals surface area contributed by atoms with Gasteiger partial charge in [-0.15, -0.1) is 0 Å². The molecule has 3 N–H and O–H groups in total. The van der Waals surface area contributed by atoms with Crippen LogP contribution in [0, 0.1) is 0 Å². The fourth-order valence-electron chi connectivity index (χ4n) is 2.61. The van der Waals surface area contributed by atoms with Crippen LogP contribution in [-0.2, 0) is 4.74 Å². The van der Waals surface area contributed by atoms with Gasteiger partial charge in [0.1, 0.15) is 29.6 Å². The van der Waals surface area contributed by atoms with Gasteiger partial charge in [-0.3, -0.25) is 4.79 Å². The Kier molecular flexibility index (Phi) is 5.06. The minimum absolute atomic E-state index is 0.193.